The second-order valence-electron chi connectivity index (χ2n) is 10.1. The molecule has 1 N–H and O–H groups in total. The molecule has 2 aromatic rings. The van der Waals surface area contributed by atoms with Crippen LogP contribution in [0.5, 0.6) is 11.5 Å². The molecule has 2 aliphatic heterocycles. The predicted molar refractivity (Wildman–Crippen MR) is 126 cm³/mol. The average Bonchev–Trinajstić information content (AvgIpc) is 3.44. The number of fused-ring (bicyclic) bond motifs is 5. The zero-order chi connectivity index (χ0) is 23.9. The van der Waals surface area contributed by atoms with Crippen LogP contribution in [0.3, 0.4) is 0 Å². The fourth-order valence-corrected chi connectivity index (χ4v) is 5.30. The van der Waals surface area contributed by atoms with Gasteiger partial charge in [-0.3, -0.25) is 9.59 Å². The van der Waals surface area contributed by atoms with Crippen LogP contribution in [-0.2, 0) is 28.9 Å². The minimum absolute atomic E-state index is 0.145. The Morgan fingerprint density at radius 3 is 2.74 bits per heavy atom. The SMILES string of the molecule is CC1(C)CCc2c(cc(OCC(=O)NCCCN3CCCC3=O)c3c4c(c(=O)oc23)CCC4)O1. The van der Waals surface area contributed by atoms with Crippen molar-refractivity contribution in [2.45, 2.75) is 70.8 Å². The molecule has 0 atom stereocenters. The standard InChI is InChI=1S/C26H32N2O6/c1-26(2)10-9-18-19(34-26)14-20(23-16-6-3-7-17(16)25(31)33-24(18)23)32-15-21(29)27-11-5-13-28-12-4-8-22(28)30/h14H,3-13,15H2,1-2H3,(H,27,29). The van der Waals surface area contributed by atoms with E-state index in [1.807, 2.05) is 24.8 Å². The number of nitrogens with one attached hydrogen (secondary N) is 1. The molecule has 0 saturated carbocycles. The third-order valence-electron chi connectivity index (χ3n) is 7.09. The molecule has 2 amide bonds. The number of aryl methyl sites for hydroxylation is 2. The Bertz CT molecular complexity index is 1200. The van der Waals surface area contributed by atoms with Crippen molar-refractivity contribution < 1.29 is 23.5 Å². The first-order valence-electron chi connectivity index (χ1n) is 12.3. The topological polar surface area (TPSA) is 98.1 Å². The Labute approximate surface area is 198 Å². The van der Waals surface area contributed by atoms with E-state index >= 15 is 0 Å². The minimum Gasteiger partial charge on any atom is -0.487 e. The summed E-state index contributed by atoms with van der Waals surface area (Å²) in [6.45, 7) is 5.87. The van der Waals surface area contributed by atoms with Crippen LogP contribution in [0.4, 0.5) is 0 Å². The second kappa shape index (κ2) is 8.96. The first-order chi connectivity index (χ1) is 16.3. The second-order valence-corrected chi connectivity index (χ2v) is 10.1. The van der Waals surface area contributed by atoms with E-state index in [1.54, 1.807) is 0 Å². The van der Waals surface area contributed by atoms with Crippen LogP contribution in [0.2, 0.25) is 0 Å². The van der Waals surface area contributed by atoms with E-state index in [4.69, 9.17) is 13.9 Å². The summed E-state index contributed by atoms with van der Waals surface area (Å²) in [4.78, 5) is 38.7. The molecule has 3 heterocycles. The average molecular weight is 469 g/mol. The summed E-state index contributed by atoms with van der Waals surface area (Å²) >= 11 is 0. The van der Waals surface area contributed by atoms with E-state index in [1.165, 1.54) is 0 Å². The first kappa shape index (κ1) is 22.7. The number of amides is 2. The van der Waals surface area contributed by atoms with Crippen molar-refractivity contribution in [1.82, 2.24) is 10.2 Å². The summed E-state index contributed by atoms with van der Waals surface area (Å²) in [5.41, 5.74) is 2.51. The summed E-state index contributed by atoms with van der Waals surface area (Å²) in [5.74, 6) is 1.13. The van der Waals surface area contributed by atoms with Gasteiger partial charge in [-0.05, 0) is 64.4 Å². The molecule has 3 aliphatic rings. The maximum Gasteiger partial charge on any atom is 0.339 e. The summed E-state index contributed by atoms with van der Waals surface area (Å²) in [6, 6.07) is 1.85. The molecule has 5 rings (SSSR count). The van der Waals surface area contributed by atoms with Crippen molar-refractivity contribution in [3.05, 3.63) is 33.2 Å². The van der Waals surface area contributed by atoms with Crippen LogP contribution in [0.25, 0.3) is 11.0 Å². The fraction of sp³-hybridized carbons (Fsp3) is 0.577. The quantitative estimate of drug-likeness (QED) is 0.496. The van der Waals surface area contributed by atoms with Crippen LogP contribution >= 0.6 is 0 Å². The van der Waals surface area contributed by atoms with Gasteiger partial charge in [0, 0.05) is 43.2 Å². The van der Waals surface area contributed by atoms with Gasteiger partial charge in [-0.1, -0.05) is 0 Å². The lowest BCUT2D eigenvalue weighted by Gasteiger charge is -2.33. The van der Waals surface area contributed by atoms with Crippen molar-refractivity contribution in [2.75, 3.05) is 26.2 Å². The minimum atomic E-state index is -0.330. The first-order valence-corrected chi connectivity index (χ1v) is 12.3. The van der Waals surface area contributed by atoms with Gasteiger partial charge in [-0.2, -0.15) is 0 Å². The van der Waals surface area contributed by atoms with Crippen LogP contribution in [0.1, 0.15) is 62.6 Å². The van der Waals surface area contributed by atoms with Crippen molar-refractivity contribution in [3.63, 3.8) is 0 Å². The van der Waals surface area contributed by atoms with Crippen LogP contribution in [0.15, 0.2) is 15.3 Å². The lowest BCUT2D eigenvalue weighted by Crippen LogP contribution is -2.33. The summed E-state index contributed by atoms with van der Waals surface area (Å²) in [7, 11) is 0. The highest BCUT2D eigenvalue weighted by molar-refractivity contribution is 5.93. The molecule has 8 heteroatoms. The van der Waals surface area contributed by atoms with E-state index in [0.717, 1.165) is 60.7 Å². The van der Waals surface area contributed by atoms with Gasteiger partial charge in [0.1, 0.15) is 22.7 Å². The molecule has 1 aromatic carbocycles. The van der Waals surface area contributed by atoms with Crippen molar-refractivity contribution >= 4 is 22.8 Å². The largest absolute Gasteiger partial charge is 0.487 e. The molecule has 0 unspecified atom stereocenters. The van der Waals surface area contributed by atoms with E-state index in [2.05, 4.69) is 5.32 Å². The molecule has 1 aliphatic carbocycles. The van der Waals surface area contributed by atoms with Gasteiger partial charge in [-0.15, -0.1) is 0 Å². The van der Waals surface area contributed by atoms with Crippen molar-refractivity contribution in [3.8, 4) is 11.5 Å². The molecule has 1 saturated heterocycles. The van der Waals surface area contributed by atoms with Gasteiger partial charge in [0.15, 0.2) is 6.61 Å². The number of hydrogen-bond donors (Lipinski definition) is 1. The molecular weight excluding hydrogens is 436 g/mol. The molecule has 0 bridgehead atoms. The predicted octanol–water partition coefficient (Wildman–Crippen LogP) is 2.89. The van der Waals surface area contributed by atoms with E-state index in [-0.39, 0.29) is 29.6 Å². The number of carbonyl (C=O) groups excluding carboxylic acids is 2. The van der Waals surface area contributed by atoms with Gasteiger partial charge in [0.25, 0.3) is 5.91 Å². The number of benzene rings is 1. The fourth-order valence-electron chi connectivity index (χ4n) is 5.30. The molecular formula is C26H32N2O6. The van der Waals surface area contributed by atoms with Gasteiger partial charge in [-0.25, -0.2) is 4.79 Å². The molecule has 0 radical (unpaired) electrons. The lowest BCUT2D eigenvalue weighted by molar-refractivity contribution is -0.127. The molecule has 1 aromatic heterocycles. The molecule has 0 spiro atoms. The third kappa shape index (κ3) is 4.38. The van der Waals surface area contributed by atoms with Crippen molar-refractivity contribution in [1.29, 1.82) is 0 Å². The lowest BCUT2D eigenvalue weighted by atomic mass is 9.91. The number of likely N-dealkylation sites (tertiary alicyclic amines) is 1. The zero-order valence-electron chi connectivity index (χ0n) is 20.0. The number of hydrogen-bond acceptors (Lipinski definition) is 6. The Morgan fingerprint density at radius 2 is 1.94 bits per heavy atom. The number of ether oxygens (including phenoxy) is 2. The van der Waals surface area contributed by atoms with Crippen molar-refractivity contribution in [2.24, 2.45) is 0 Å². The molecule has 182 valence electrons. The van der Waals surface area contributed by atoms with Gasteiger partial charge in [0.05, 0.1) is 5.39 Å². The van der Waals surface area contributed by atoms with Gasteiger partial charge in [0.2, 0.25) is 5.91 Å². The summed E-state index contributed by atoms with van der Waals surface area (Å²) in [5, 5.41) is 3.67. The van der Waals surface area contributed by atoms with E-state index in [9.17, 15) is 14.4 Å². The van der Waals surface area contributed by atoms with Gasteiger partial charge < -0.3 is 24.1 Å². The smallest absolute Gasteiger partial charge is 0.339 e. The highest BCUT2D eigenvalue weighted by Gasteiger charge is 2.32. The third-order valence-corrected chi connectivity index (χ3v) is 7.09. The Morgan fingerprint density at radius 1 is 1.12 bits per heavy atom. The van der Waals surface area contributed by atoms with Crippen LogP contribution < -0.4 is 20.4 Å². The van der Waals surface area contributed by atoms with E-state index in [0.29, 0.717) is 49.4 Å². The van der Waals surface area contributed by atoms with Gasteiger partial charge >= 0.3 is 5.63 Å². The maximum absolute atomic E-state index is 12.6. The molecule has 1 fully saturated rings. The normalized spacial score (nSPS) is 18.5. The Hall–Kier alpha value is -3.03. The summed E-state index contributed by atoms with van der Waals surface area (Å²) in [6.07, 6.45) is 6.22. The Balaban J connectivity index is 1.33. The number of rotatable bonds is 7. The highest BCUT2D eigenvalue weighted by Crippen LogP contribution is 2.44. The molecule has 34 heavy (non-hydrogen) atoms. The Kier molecular flexibility index (Phi) is 6.00. The zero-order valence-corrected chi connectivity index (χ0v) is 20.0. The molecule has 8 nitrogen and oxygen atoms in total. The van der Waals surface area contributed by atoms with Crippen LogP contribution in [0, 0.1) is 0 Å². The summed E-state index contributed by atoms with van der Waals surface area (Å²) < 4.78 is 18.0. The number of carbonyl (C=O) groups is 2. The van der Waals surface area contributed by atoms with Crippen LogP contribution in [-0.4, -0.2) is 48.6 Å². The monoisotopic (exact) mass is 468 g/mol. The highest BCUT2D eigenvalue weighted by atomic mass is 16.5. The number of nitrogens with zero attached hydrogens (tertiary/aromatic N) is 1. The maximum atomic E-state index is 12.6. The van der Waals surface area contributed by atoms with E-state index < -0.39 is 0 Å².